The van der Waals surface area contributed by atoms with Crippen LogP contribution in [0.3, 0.4) is 0 Å². The quantitative estimate of drug-likeness (QED) is 0.862. The molecule has 0 aliphatic carbocycles. The van der Waals surface area contributed by atoms with Crippen LogP contribution in [0, 0.1) is 0 Å². The Kier molecular flexibility index (Phi) is 3.32. The van der Waals surface area contributed by atoms with Gasteiger partial charge < -0.3 is 5.73 Å². The Bertz CT molecular complexity index is 454. The molecular formula is C11H9Cl2NS. The van der Waals surface area contributed by atoms with Crippen molar-refractivity contribution in [3.05, 3.63) is 56.2 Å². The van der Waals surface area contributed by atoms with Crippen molar-refractivity contribution in [2.24, 2.45) is 5.73 Å². The standard InChI is InChI=1S/C11H9Cl2NS/c12-8-1-2-10(13)9(5-8)11(14)7-3-4-15-6-7/h1-6,11H,14H2/t11-/m1/s1. The highest BCUT2D eigenvalue weighted by molar-refractivity contribution is 7.08. The molecule has 1 atom stereocenters. The van der Waals surface area contributed by atoms with Crippen LogP contribution < -0.4 is 5.73 Å². The Morgan fingerprint density at radius 2 is 2.00 bits per heavy atom. The lowest BCUT2D eigenvalue weighted by Gasteiger charge is -2.12. The average molecular weight is 258 g/mol. The van der Waals surface area contributed by atoms with E-state index in [1.807, 2.05) is 22.9 Å². The molecule has 0 bridgehead atoms. The maximum Gasteiger partial charge on any atom is 0.0575 e. The minimum atomic E-state index is -0.206. The summed E-state index contributed by atoms with van der Waals surface area (Å²) in [6, 6.07) is 7.13. The zero-order valence-corrected chi connectivity index (χ0v) is 10.1. The number of rotatable bonds is 2. The molecule has 4 heteroatoms. The van der Waals surface area contributed by atoms with Gasteiger partial charge >= 0.3 is 0 Å². The predicted octanol–water partition coefficient (Wildman–Crippen LogP) is 4.10. The lowest BCUT2D eigenvalue weighted by atomic mass is 10.0. The second-order valence-electron chi connectivity index (χ2n) is 3.20. The number of halogens is 2. The van der Waals surface area contributed by atoms with Gasteiger partial charge in [-0.15, -0.1) is 0 Å². The summed E-state index contributed by atoms with van der Waals surface area (Å²) in [6.07, 6.45) is 0. The summed E-state index contributed by atoms with van der Waals surface area (Å²) in [5.74, 6) is 0. The van der Waals surface area contributed by atoms with Crippen LogP contribution >= 0.6 is 34.5 Å². The molecule has 0 fully saturated rings. The SMILES string of the molecule is N[C@H](c1ccsc1)c1cc(Cl)ccc1Cl. The normalized spacial score (nSPS) is 12.7. The van der Waals surface area contributed by atoms with Crippen molar-refractivity contribution in [3.63, 3.8) is 0 Å². The average Bonchev–Trinajstić information content (AvgIpc) is 2.74. The second-order valence-corrected chi connectivity index (χ2v) is 4.82. The molecule has 0 saturated heterocycles. The van der Waals surface area contributed by atoms with Gasteiger partial charge in [0.1, 0.15) is 0 Å². The summed E-state index contributed by atoms with van der Waals surface area (Å²) in [4.78, 5) is 0. The molecular weight excluding hydrogens is 249 g/mol. The minimum Gasteiger partial charge on any atom is -0.320 e. The molecule has 0 saturated carbocycles. The highest BCUT2D eigenvalue weighted by Crippen LogP contribution is 2.29. The van der Waals surface area contributed by atoms with Gasteiger partial charge in [-0.1, -0.05) is 23.2 Å². The van der Waals surface area contributed by atoms with Crippen molar-refractivity contribution < 1.29 is 0 Å². The molecule has 2 rings (SSSR count). The fraction of sp³-hybridized carbons (Fsp3) is 0.0909. The molecule has 0 amide bonds. The molecule has 0 aliphatic rings. The summed E-state index contributed by atoms with van der Waals surface area (Å²) >= 11 is 13.6. The number of nitrogens with two attached hydrogens (primary N) is 1. The van der Waals surface area contributed by atoms with Crippen LogP contribution in [0.2, 0.25) is 10.0 Å². The first-order chi connectivity index (χ1) is 7.18. The van der Waals surface area contributed by atoms with Gasteiger partial charge in [0.05, 0.1) is 6.04 Å². The van der Waals surface area contributed by atoms with E-state index in [0.717, 1.165) is 11.1 Å². The maximum atomic E-state index is 6.09. The van der Waals surface area contributed by atoms with Gasteiger partial charge in [-0.05, 0) is 46.2 Å². The van der Waals surface area contributed by atoms with E-state index >= 15 is 0 Å². The van der Waals surface area contributed by atoms with Gasteiger partial charge in [0.25, 0.3) is 0 Å². The Morgan fingerprint density at radius 1 is 1.20 bits per heavy atom. The van der Waals surface area contributed by atoms with E-state index in [2.05, 4.69) is 0 Å². The molecule has 1 heterocycles. The first kappa shape index (κ1) is 11.0. The summed E-state index contributed by atoms with van der Waals surface area (Å²) in [7, 11) is 0. The van der Waals surface area contributed by atoms with Crippen LogP contribution in [-0.2, 0) is 0 Å². The van der Waals surface area contributed by atoms with Crippen LogP contribution in [0.15, 0.2) is 35.0 Å². The molecule has 2 N–H and O–H groups in total. The summed E-state index contributed by atoms with van der Waals surface area (Å²) in [5.41, 5.74) is 8.02. The predicted molar refractivity (Wildman–Crippen MR) is 66.8 cm³/mol. The molecule has 0 aliphatic heterocycles. The van der Waals surface area contributed by atoms with Gasteiger partial charge in [0.2, 0.25) is 0 Å². The smallest absolute Gasteiger partial charge is 0.0575 e. The summed E-state index contributed by atoms with van der Waals surface area (Å²) < 4.78 is 0. The summed E-state index contributed by atoms with van der Waals surface area (Å²) in [6.45, 7) is 0. The van der Waals surface area contributed by atoms with Crippen molar-refractivity contribution in [3.8, 4) is 0 Å². The third-order valence-electron chi connectivity index (χ3n) is 2.20. The molecule has 0 radical (unpaired) electrons. The third kappa shape index (κ3) is 2.34. The van der Waals surface area contributed by atoms with E-state index in [1.54, 1.807) is 23.5 Å². The van der Waals surface area contributed by atoms with Crippen molar-refractivity contribution in [2.45, 2.75) is 6.04 Å². The molecule has 78 valence electrons. The van der Waals surface area contributed by atoms with Crippen LogP contribution in [0.25, 0.3) is 0 Å². The van der Waals surface area contributed by atoms with Crippen LogP contribution in [0.5, 0.6) is 0 Å². The molecule has 2 aromatic rings. The van der Waals surface area contributed by atoms with Crippen molar-refractivity contribution in [2.75, 3.05) is 0 Å². The highest BCUT2D eigenvalue weighted by atomic mass is 35.5. The fourth-order valence-corrected chi connectivity index (χ4v) is 2.50. The second kappa shape index (κ2) is 4.54. The Hall–Kier alpha value is -0.540. The first-order valence-electron chi connectivity index (χ1n) is 4.41. The van der Waals surface area contributed by atoms with Crippen LogP contribution in [0.1, 0.15) is 17.2 Å². The van der Waals surface area contributed by atoms with E-state index in [4.69, 9.17) is 28.9 Å². The van der Waals surface area contributed by atoms with Crippen molar-refractivity contribution >= 4 is 34.5 Å². The highest BCUT2D eigenvalue weighted by Gasteiger charge is 2.13. The van der Waals surface area contributed by atoms with Gasteiger partial charge in [0.15, 0.2) is 0 Å². The third-order valence-corrected chi connectivity index (χ3v) is 3.48. The van der Waals surface area contributed by atoms with E-state index in [1.165, 1.54) is 0 Å². The lowest BCUT2D eigenvalue weighted by molar-refractivity contribution is 0.877. The van der Waals surface area contributed by atoms with Gasteiger partial charge in [0, 0.05) is 10.0 Å². The topological polar surface area (TPSA) is 26.0 Å². The molecule has 1 aromatic heterocycles. The van der Waals surface area contributed by atoms with Crippen LogP contribution in [0.4, 0.5) is 0 Å². The zero-order chi connectivity index (χ0) is 10.8. The molecule has 0 unspecified atom stereocenters. The summed E-state index contributed by atoms with van der Waals surface area (Å²) in [5, 5.41) is 5.31. The number of hydrogen-bond acceptors (Lipinski definition) is 2. The molecule has 0 spiro atoms. The Balaban J connectivity index is 2.41. The van der Waals surface area contributed by atoms with Crippen LogP contribution in [-0.4, -0.2) is 0 Å². The number of thiophene rings is 1. The molecule has 1 nitrogen and oxygen atoms in total. The van der Waals surface area contributed by atoms with E-state index < -0.39 is 0 Å². The number of benzene rings is 1. The monoisotopic (exact) mass is 257 g/mol. The maximum absolute atomic E-state index is 6.09. The lowest BCUT2D eigenvalue weighted by Crippen LogP contribution is -2.11. The molecule has 15 heavy (non-hydrogen) atoms. The van der Waals surface area contributed by atoms with E-state index in [9.17, 15) is 0 Å². The molecule has 1 aromatic carbocycles. The largest absolute Gasteiger partial charge is 0.320 e. The van der Waals surface area contributed by atoms with Gasteiger partial charge in [-0.2, -0.15) is 11.3 Å². The number of hydrogen-bond donors (Lipinski definition) is 1. The minimum absolute atomic E-state index is 0.206. The Morgan fingerprint density at radius 3 is 2.67 bits per heavy atom. The fourth-order valence-electron chi connectivity index (χ4n) is 1.38. The zero-order valence-electron chi connectivity index (χ0n) is 7.78. The first-order valence-corrected chi connectivity index (χ1v) is 6.11. The van der Waals surface area contributed by atoms with E-state index in [-0.39, 0.29) is 6.04 Å². The van der Waals surface area contributed by atoms with Gasteiger partial charge in [-0.25, -0.2) is 0 Å². The Labute approximate surface area is 102 Å². The van der Waals surface area contributed by atoms with Gasteiger partial charge in [-0.3, -0.25) is 0 Å². The van der Waals surface area contributed by atoms with Crippen molar-refractivity contribution in [1.82, 2.24) is 0 Å². The van der Waals surface area contributed by atoms with E-state index in [0.29, 0.717) is 10.0 Å². The van der Waals surface area contributed by atoms with Crippen molar-refractivity contribution in [1.29, 1.82) is 0 Å².